The second-order valence-corrected chi connectivity index (χ2v) is 3.66. The molecule has 1 rings (SSSR count). The summed E-state index contributed by atoms with van der Waals surface area (Å²) in [5.41, 5.74) is 0.855. The molecular weight excluding hydrogens is 230 g/mol. The van der Waals surface area contributed by atoms with Crippen molar-refractivity contribution >= 4 is 17.3 Å². The maximum atomic E-state index is 8.91. The van der Waals surface area contributed by atoms with Crippen molar-refractivity contribution in [3.63, 3.8) is 0 Å². The van der Waals surface area contributed by atoms with Gasteiger partial charge in [-0.2, -0.15) is 0 Å². The highest BCUT2D eigenvalue weighted by atomic mass is 35.5. The Morgan fingerprint density at radius 3 is 2.31 bits per heavy atom. The highest BCUT2D eigenvalue weighted by Crippen LogP contribution is 2.28. The molecule has 90 valence electrons. The first kappa shape index (κ1) is 13.1. The number of aliphatic hydroxyl groups is 2. The van der Waals surface area contributed by atoms with Crippen molar-refractivity contribution in [2.75, 3.05) is 38.3 Å². The summed E-state index contributed by atoms with van der Waals surface area (Å²) in [7, 11) is 1.56. The first-order chi connectivity index (χ1) is 7.72. The molecule has 0 aromatic heterocycles. The molecule has 0 saturated heterocycles. The lowest BCUT2D eigenvalue weighted by Crippen LogP contribution is -2.29. The van der Waals surface area contributed by atoms with Gasteiger partial charge in [0.2, 0.25) is 0 Å². The van der Waals surface area contributed by atoms with Crippen molar-refractivity contribution in [1.82, 2.24) is 0 Å². The molecule has 0 radical (unpaired) electrons. The Labute approximate surface area is 100 Å². The molecule has 4 nitrogen and oxygen atoms in total. The SMILES string of the molecule is COc1ccc(N(CCO)CCO)cc1Cl. The van der Waals surface area contributed by atoms with E-state index in [1.807, 2.05) is 11.0 Å². The minimum absolute atomic E-state index is 0.0314. The Kier molecular flexibility index (Phi) is 5.38. The van der Waals surface area contributed by atoms with E-state index in [2.05, 4.69) is 0 Å². The summed E-state index contributed by atoms with van der Waals surface area (Å²) >= 11 is 6.00. The van der Waals surface area contributed by atoms with Crippen LogP contribution < -0.4 is 9.64 Å². The fourth-order valence-electron chi connectivity index (χ4n) is 1.46. The van der Waals surface area contributed by atoms with Crippen LogP contribution >= 0.6 is 11.6 Å². The van der Waals surface area contributed by atoms with Gasteiger partial charge in [-0.1, -0.05) is 11.6 Å². The number of benzene rings is 1. The molecule has 0 spiro atoms. The van der Waals surface area contributed by atoms with Crippen LogP contribution in [0.5, 0.6) is 5.75 Å². The van der Waals surface area contributed by atoms with Gasteiger partial charge in [0.05, 0.1) is 25.3 Å². The number of ether oxygens (including phenoxy) is 1. The van der Waals surface area contributed by atoms with Crippen LogP contribution in [-0.4, -0.2) is 43.6 Å². The average molecular weight is 246 g/mol. The predicted octanol–water partition coefficient (Wildman–Crippen LogP) is 1.14. The highest BCUT2D eigenvalue weighted by Gasteiger charge is 2.08. The minimum Gasteiger partial charge on any atom is -0.495 e. The fourth-order valence-corrected chi connectivity index (χ4v) is 1.72. The zero-order valence-corrected chi connectivity index (χ0v) is 9.94. The van der Waals surface area contributed by atoms with Crippen molar-refractivity contribution in [1.29, 1.82) is 0 Å². The van der Waals surface area contributed by atoms with E-state index in [0.29, 0.717) is 23.9 Å². The standard InChI is InChI=1S/C11H16ClNO3/c1-16-11-3-2-9(8-10(11)12)13(4-6-14)5-7-15/h2-3,8,14-15H,4-7H2,1H3. The van der Waals surface area contributed by atoms with Gasteiger partial charge in [-0.25, -0.2) is 0 Å². The summed E-state index contributed by atoms with van der Waals surface area (Å²) in [4.78, 5) is 1.85. The molecule has 0 saturated carbocycles. The molecule has 0 aliphatic carbocycles. The van der Waals surface area contributed by atoms with E-state index >= 15 is 0 Å². The van der Waals surface area contributed by atoms with Crippen molar-refractivity contribution in [3.8, 4) is 5.75 Å². The van der Waals surface area contributed by atoms with E-state index in [4.69, 9.17) is 26.6 Å². The van der Waals surface area contributed by atoms with Gasteiger partial charge in [0.1, 0.15) is 5.75 Å². The number of hydrogen-bond acceptors (Lipinski definition) is 4. The second kappa shape index (κ2) is 6.58. The fraction of sp³-hybridized carbons (Fsp3) is 0.455. The third kappa shape index (κ3) is 3.27. The van der Waals surface area contributed by atoms with Crippen molar-refractivity contribution < 1.29 is 14.9 Å². The van der Waals surface area contributed by atoms with Gasteiger partial charge in [-0.15, -0.1) is 0 Å². The molecule has 0 fully saturated rings. The summed E-state index contributed by atoms with van der Waals surface area (Å²) in [5.74, 6) is 0.610. The second-order valence-electron chi connectivity index (χ2n) is 3.25. The van der Waals surface area contributed by atoms with E-state index in [0.717, 1.165) is 5.69 Å². The highest BCUT2D eigenvalue weighted by molar-refractivity contribution is 6.32. The summed E-state index contributed by atoms with van der Waals surface area (Å²) in [5, 5.41) is 18.3. The average Bonchev–Trinajstić information content (AvgIpc) is 2.28. The van der Waals surface area contributed by atoms with Crippen molar-refractivity contribution in [2.24, 2.45) is 0 Å². The van der Waals surface area contributed by atoms with Gasteiger partial charge < -0.3 is 19.8 Å². The van der Waals surface area contributed by atoms with Gasteiger partial charge >= 0.3 is 0 Å². The molecule has 0 aliphatic rings. The lowest BCUT2D eigenvalue weighted by Gasteiger charge is -2.23. The molecule has 5 heteroatoms. The Morgan fingerprint density at radius 2 is 1.88 bits per heavy atom. The van der Waals surface area contributed by atoms with Gasteiger partial charge in [0.25, 0.3) is 0 Å². The first-order valence-electron chi connectivity index (χ1n) is 5.03. The zero-order chi connectivity index (χ0) is 12.0. The molecule has 2 N–H and O–H groups in total. The summed E-state index contributed by atoms with van der Waals surface area (Å²) in [6, 6.07) is 5.36. The molecule has 16 heavy (non-hydrogen) atoms. The van der Waals surface area contributed by atoms with E-state index in [1.54, 1.807) is 19.2 Å². The Morgan fingerprint density at radius 1 is 1.25 bits per heavy atom. The zero-order valence-electron chi connectivity index (χ0n) is 9.19. The summed E-state index contributed by atoms with van der Waals surface area (Å²) in [6.07, 6.45) is 0. The molecule has 0 amide bonds. The monoisotopic (exact) mass is 245 g/mol. The van der Waals surface area contributed by atoms with Gasteiger partial charge in [-0.3, -0.25) is 0 Å². The lowest BCUT2D eigenvalue weighted by atomic mass is 10.2. The molecule has 0 unspecified atom stereocenters. The topological polar surface area (TPSA) is 52.9 Å². The largest absolute Gasteiger partial charge is 0.495 e. The minimum atomic E-state index is 0.0314. The van der Waals surface area contributed by atoms with Crippen LogP contribution in [0.2, 0.25) is 5.02 Å². The summed E-state index contributed by atoms with van der Waals surface area (Å²) < 4.78 is 5.05. The quantitative estimate of drug-likeness (QED) is 0.789. The first-order valence-corrected chi connectivity index (χ1v) is 5.41. The molecular formula is C11H16ClNO3. The number of rotatable bonds is 6. The summed E-state index contributed by atoms with van der Waals surface area (Å²) in [6.45, 7) is 0.986. The maximum absolute atomic E-state index is 8.91. The van der Waals surface area contributed by atoms with Crippen LogP contribution in [-0.2, 0) is 0 Å². The number of nitrogens with zero attached hydrogens (tertiary/aromatic N) is 1. The van der Waals surface area contributed by atoms with Crippen LogP contribution in [0.15, 0.2) is 18.2 Å². The number of halogens is 1. The molecule has 0 atom stereocenters. The number of methoxy groups -OCH3 is 1. The predicted molar refractivity (Wildman–Crippen MR) is 64.4 cm³/mol. The van der Waals surface area contributed by atoms with Crippen LogP contribution in [0.3, 0.4) is 0 Å². The van der Waals surface area contributed by atoms with E-state index in [-0.39, 0.29) is 13.2 Å². The van der Waals surface area contributed by atoms with Crippen LogP contribution in [0.4, 0.5) is 5.69 Å². The van der Waals surface area contributed by atoms with Crippen molar-refractivity contribution in [2.45, 2.75) is 0 Å². The third-order valence-electron chi connectivity index (χ3n) is 2.24. The molecule has 0 aliphatic heterocycles. The Hall–Kier alpha value is -0.970. The van der Waals surface area contributed by atoms with Crippen molar-refractivity contribution in [3.05, 3.63) is 23.2 Å². The number of hydrogen-bond donors (Lipinski definition) is 2. The van der Waals surface area contributed by atoms with E-state index < -0.39 is 0 Å². The normalized spacial score (nSPS) is 10.2. The maximum Gasteiger partial charge on any atom is 0.137 e. The van der Waals surface area contributed by atoms with E-state index in [9.17, 15) is 0 Å². The number of aliphatic hydroxyl groups excluding tert-OH is 2. The lowest BCUT2D eigenvalue weighted by molar-refractivity contribution is 0.281. The van der Waals surface area contributed by atoms with Gasteiger partial charge in [-0.05, 0) is 18.2 Å². The van der Waals surface area contributed by atoms with Crippen LogP contribution in [0.1, 0.15) is 0 Å². The third-order valence-corrected chi connectivity index (χ3v) is 2.54. The van der Waals surface area contributed by atoms with E-state index in [1.165, 1.54) is 0 Å². The molecule has 1 aromatic rings. The number of anilines is 1. The van der Waals surface area contributed by atoms with Gasteiger partial charge in [0.15, 0.2) is 0 Å². The molecule has 0 bridgehead atoms. The smallest absolute Gasteiger partial charge is 0.137 e. The van der Waals surface area contributed by atoms with Crippen LogP contribution in [0, 0.1) is 0 Å². The van der Waals surface area contributed by atoms with Crippen LogP contribution in [0.25, 0.3) is 0 Å². The Balaban J connectivity index is 2.87. The van der Waals surface area contributed by atoms with Gasteiger partial charge in [0, 0.05) is 18.8 Å². The molecule has 0 heterocycles. The Bertz CT molecular complexity index is 327. The molecule has 1 aromatic carbocycles.